The summed E-state index contributed by atoms with van der Waals surface area (Å²) in [4.78, 5) is 16.9. The highest BCUT2D eigenvalue weighted by Crippen LogP contribution is 2.33. The number of Topliss-reactive ketones (excluding diaryl/α,β-unsaturated/α-hetero) is 1. The second kappa shape index (κ2) is 12.5. The molecule has 168 valence electrons. The average molecular weight is 415 g/mol. The fourth-order valence-electron chi connectivity index (χ4n) is 5.04. The summed E-state index contributed by atoms with van der Waals surface area (Å²) in [6, 6.07) is 8.96. The minimum atomic E-state index is 0.271. The minimum Gasteiger partial charge on any atom is -0.374 e. The highest BCUT2D eigenvalue weighted by molar-refractivity contribution is 5.79. The molecule has 30 heavy (non-hydrogen) atoms. The van der Waals surface area contributed by atoms with Crippen molar-refractivity contribution in [3.8, 4) is 0 Å². The van der Waals surface area contributed by atoms with Gasteiger partial charge in [0, 0.05) is 44.9 Å². The summed E-state index contributed by atoms with van der Waals surface area (Å²) in [7, 11) is 0. The standard InChI is InChI=1S/C26H42N2O2/c1-3-30-21-26(29)6-4-5-23-9-11-24(12-10-23)15-16-27-17-19-28(20-18-27)25-13-7-22(2)8-14-25/h7-8,13-14,23-24H,3-6,9-12,15-21H2,1-2H3. The molecule has 0 bridgehead atoms. The zero-order chi connectivity index (χ0) is 21.2. The molecule has 0 radical (unpaired) electrons. The van der Waals surface area contributed by atoms with Crippen molar-refractivity contribution in [2.24, 2.45) is 11.8 Å². The molecule has 1 saturated carbocycles. The Morgan fingerprint density at radius 3 is 2.23 bits per heavy atom. The lowest BCUT2D eigenvalue weighted by Crippen LogP contribution is -2.46. The second-order valence-corrected chi connectivity index (χ2v) is 9.41. The first-order valence-corrected chi connectivity index (χ1v) is 12.3. The van der Waals surface area contributed by atoms with Gasteiger partial charge in [0.1, 0.15) is 6.61 Å². The molecule has 0 amide bonds. The number of anilines is 1. The highest BCUT2D eigenvalue weighted by atomic mass is 16.5. The van der Waals surface area contributed by atoms with E-state index >= 15 is 0 Å². The minimum absolute atomic E-state index is 0.271. The number of carbonyl (C=O) groups excluding carboxylic acids is 1. The van der Waals surface area contributed by atoms with Crippen LogP contribution in [-0.2, 0) is 9.53 Å². The van der Waals surface area contributed by atoms with Gasteiger partial charge in [0.15, 0.2) is 5.78 Å². The summed E-state index contributed by atoms with van der Waals surface area (Å²) >= 11 is 0. The number of carbonyl (C=O) groups is 1. The number of benzene rings is 1. The van der Waals surface area contributed by atoms with Crippen molar-refractivity contribution in [3.63, 3.8) is 0 Å². The van der Waals surface area contributed by atoms with E-state index in [0.29, 0.717) is 19.6 Å². The normalized spacial score (nSPS) is 22.9. The second-order valence-electron chi connectivity index (χ2n) is 9.41. The molecule has 2 aliphatic rings. The van der Waals surface area contributed by atoms with Gasteiger partial charge in [-0.15, -0.1) is 0 Å². The molecule has 4 nitrogen and oxygen atoms in total. The van der Waals surface area contributed by atoms with Gasteiger partial charge in [0.2, 0.25) is 0 Å². The van der Waals surface area contributed by atoms with E-state index in [4.69, 9.17) is 4.74 Å². The van der Waals surface area contributed by atoms with Crippen molar-refractivity contribution in [2.75, 3.05) is 50.8 Å². The number of hydrogen-bond donors (Lipinski definition) is 0. The predicted octanol–water partition coefficient (Wildman–Crippen LogP) is 5.09. The molecular weight excluding hydrogens is 372 g/mol. The Hall–Kier alpha value is -1.39. The van der Waals surface area contributed by atoms with Gasteiger partial charge in [-0.05, 0) is 57.2 Å². The van der Waals surface area contributed by atoms with Gasteiger partial charge in [-0.1, -0.05) is 49.8 Å². The maximum absolute atomic E-state index is 11.7. The van der Waals surface area contributed by atoms with Crippen molar-refractivity contribution < 1.29 is 9.53 Å². The summed E-state index contributed by atoms with van der Waals surface area (Å²) in [5.41, 5.74) is 2.71. The summed E-state index contributed by atoms with van der Waals surface area (Å²) < 4.78 is 5.21. The van der Waals surface area contributed by atoms with E-state index in [9.17, 15) is 4.79 Å². The topological polar surface area (TPSA) is 32.8 Å². The zero-order valence-electron chi connectivity index (χ0n) is 19.3. The van der Waals surface area contributed by atoms with Gasteiger partial charge in [-0.2, -0.15) is 0 Å². The molecule has 1 aromatic carbocycles. The number of rotatable bonds is 11. The van der Waals surface area contributed by atoms with Crippen LogP contribution in [-0.4, -0.2) is 56.6 Å². The first-order valence-electron chi connectivity index (χ1n) is 12.3. The Morgan fingerprint density at radius 1 is 0.967 bits per heavy atom. The molecular formula is C26H42N2O2. The van der Waals surface area contributed by atoms with Crippen LogP contribution in [0.1, 0.15) is 63.9 Å². The highest BCUT2D eigenvalue weighted by Gasteiger charge is 2.23. The smallest absolute Gasteiger partial charge is 0.158 e. The average Bonchev–Trinajstić information content (AvgIpc) is 2.78. The maximum atomic E-state index is 11.7. The molecule has 0 aromatic heterocycles. The van der Waals surface area contributed by atoms with Crippen LogP contribution in [0.3, 0.4) is 0 Å². The molecule has 1 aliphatic carbocycles. The molecule has 1 aromatic rings. The van der Waals surface area contributed by atoms with Crippen molar-refractivity contribution in [2.45, 2.75) is 65.2 Å². The van der Waals surface area contributed by atoms with Gasteiger partial charge in [-0.3, -0.25) is 9.69 Å². The number of aryl methyl sites for hydroxylation is 1. The first-order chi connectivity index (χ1) is 14.6. The fourth-order valence-corrected chi connectivity index (χ4v) is 5.04. The van der Waals surface area contributed by atoms with Crippen LogP contribution < -0.4 is 4.90 Å². The van der Waals surface area contributed by atoms with Crippen molar-refractivity contribution in [1.29, 1.82) is 0 Å². The van der Waals surface area contributed by atoms with Crippen molar-refractivity contribution in [3.05, 3.63) is 29.8 Å². The summed E-state index contributed by atoms with van der Waals surface area (Å²) in [5.74, 6) is 2.03. The fraction of sp³-hybridized carbons (Fsp3) is 0.731. The van der Waals surface area contributed by atoms with E-state index in [2.05, 4.69) is 41.0 Å². The van der Waals surface area contributed by atoms with E-state index in [0.717, 1.165) is 31.3 Å². The van der Waals surface area contributed by atoms with E-state index < -0.39 is 0 Å². The Balaban J connectivity index is 1.25. The molecule has 1 heterocycles. The number of hydrogen-bond acceptors (Lipinski definition) is 4. The summed E-state index contributed by atoms with van der Waals surface area (Å²) in [6.07, 6.45) is 9.86. The lowest BCUT2D eigenvalue weighted by atomic mass is 9.78. The summed E-state index contributed by atoms with van der Waals surface area (Å²) in [5, 5.41) is 0. The predicted molar refractivity (Wildman–Crippen MR) is 125 cm³/mol. The quantitative estimate of drug-likeness (QED) is 0.505. The Kier molecular flexibility index (Phi) is 9.67. The van der Waals surface area contributed by atoms with Crippen LogP contribution in [0, 0.1) is 18.8 Å². The zero-order valence-corrected chi connectivity index (χ0v) is 19.3. The Bertz CT molecular complexity index is 614. The van der Waals surface area contributed by atoms with Crippen LogP contribution >= 0.6 is 0 Å². The third-order valence-corrected chi connectivity index (χ3v) is 7.13. The monoisotopic (exact) mass is 414 g/mol. The molecule has 0 atom stereocenters. The Labute approximate surface area is 184 Å². The van der Waals surface area contributed by atoms with E-state index in [1.165, 1.54) is 69.4 Å². The van der Waals surface area contributed by atoms with Crippen molar-refractivity contribution in [1.82, 2.24) is 4.90 Å². The number of piperazine rings is 1. The number of ketones is 1. The van der Waals surface area contributed by atoms with Crippen molar-refractivity contribution >= 4 is 11.5 Å². The number of nitrogens with zero attached hydrogens (tertiary/aromatic N) is 2. The molecule has 2 fully saturated rings. The van der Waals surface area contributed by atoms with Gasteiger partial charge in [0.25, 0.3) is 0 Å². The molecule has 0 unspecified atom stereocenters. The van der Waals surface area contributed by atoms with Crippen LogP contribution in [0.2, 0.25) is 0 Å². The third kappa shape index (κ3) is 7.70. The largest absolute Gasteiger partial charge is 0.374 e. The van der Waals surface area contributed by atoms with Gasteiger partial charge >= 0.3 is 0 Å². The lowest BCUT2D eigenvalue weighted by Gasteiger charge is -2.37. The number of ether oxygens (including phenoxy) is 1. The van der Waals surface area contributed by atoms with E-state index in [1.54, 1.807) is 0 Å². The molecule has 1 aliphatic heterocycles. The van der Waals surface area contributed by atoms with E-state index in [1.807, 2.05) is 6.92 Å². The van der Waals surface area contributed by atoms with Gasteiger partial charge in [0.05, 0.1) is 0 Å². The molecule has 1 saturated heterocycles. The van der Waals surface area contributed by atoms with Crippen LogP contribution in [0.25, 0.3) is 0 Å². The third-order valence-electron chi connectivity index (χ3n) is 7.13. The maximum Gasteiger partial charge on any atom is 0.158 e. The first kappa shape index (κ1) is 23.3. The van der Waals surface area contributed by atoms with Gasteiger partial charge < -0.3 is 9.64 Å². The molecule has 0 N–H and O–H groups in total. The molecule has 4 heteroatoms. The van der Waals surface area contributed by atoms with E-state index in [-0.39, 0.29) is 5.78 Å². The van der Waals surface area contributed by atoms with Crippen LogP contribution in [0.5, 0.6) is 0 Å². The molecule has 3 rings (SSSR count). The lowest BCUT2D eigenvalue weighted by molar-refractivity contribution is -0.123. The SMILES string of the molecule is CCOCC(=O)CCCC1CCC(CCN2CCN(c3ccc(C)cc3)CC2)CC1. The van der Waals surface area contributed by atoms with Crippen LogP contribution in [0.4, 0.5) is 5.69 Å². The Morgan fingerprint density at radius 2 is 1.60 bits per heavy atom. The van der Waals surface area contributed by atoms with Crippen LogP contribution in [0.15, 0.2) is 24.3 Å². The summed E-state index contributed by atoms with van der Waals surface area (Å²) in [6.45, 7) is 11.0. The van der Waals surface area contributed by atoms with Gasteiger partial charge in [-0.25, -0.2) is 0 Å². The molecule has 0 spiro atoms.